The SMILES string of the molecule is NC(N)=NCCC[C@](N)(C(=O)NC(=O)c1ccc2ccccc2c1)C(=O)c1ccccc1. The molecule has 1 atom stereocenters. The highest BCUT2D eigenvalue weighted by Crippen LogP contribution is 2.19. The number of rotatable bonds is 8. The molecule has 0 saturated heterocycles. The number of aliphatic imine (C=N–C) groups is 1. The number of benzene rings is 3. The molecule has 3 aromatic carbocycles. The lowest BCUT2D eigenvalue weighted by Crippen LogP contribution is -2.60. The summed E-state index contributed by atoms with van der Waals surface area (Å²) in [5, 5.41) is 4.10. The van der Waals surface area contributed by atoms with E-state index in [1.54, 1.807) is 48.5 Å². The van der Waals surface area contributed by atoms with Crippen molar-refractivity contribution in [3.8, 4) is 0 Å². The third kappa shape index (κ3) is 5.16. The number of guanidine groups is 1. The molecule has 0 spiro atoms. The highest BCUT2D eigenvalue weighted by atomic mass is 16.2. The zero-order valence-corrected chi connectivity index (χ0v) is 17.5. The molecule has 0 aromatic heterocycles. The van der Waals surface area contributed by atoms with Crippen LogP contribution in [0.5, 0.6) is 0 Å². The minimum Gasteiger partial charge on any atom is -0.370 e. The number of nitrogens with one attached hydrogen (secondary N) is 1. The van der Waals surface area contributed by atoms with Gasteiger partial charge in [0.2, 0.25) is 0 Å². The monoisotopic (exact) mass is 431 g/mol. The van der Waals surface area contributed by atoms with Crippen molar-refractivity contribution in [2.24, 2.45) is 22.2 Å². The first kappa shape index (κ1) is 22.6. The summed E-state index contributed by atoms with van der Waals surface area (Å²) in [7, 11) is 0. The van der Waals surface area contributed by atoms with Gasteiger partial charge in [-0.15, -0.1) is 0 Å². The maximum Gasteiger partial charge on any atom is 0.257 e. The van der Waals surface area contributed by atoms with E-state index >= 15 is 0 Å². The van der Waals surface area contributed by atoms with E-state index in [2.05, 4.69) is 10.3 Å². The first-order valence-electron chi connectivity index (χ1n) is 10.1. The van der Waals surface area contributed by atoms with Crippen molar-refractivity contribution in [2.75, 3.05) is 6.54 Å². The van der Waals surface area contributed by atoms with Crippen molar-refractivity contribution < 1.29 is 14.4 Å². The fourth-order valence-electron chi connectivity index (χ4n) is 3.36. The second-order valence-electron chi connectivity index (χ2n) is 7.42. The second-order valence-corrected chi connectivity index (χ2v) is 7.42. The van der Waals surface area contributed by atoms with Crippen molar-refractivity contribution in [3.05, 3.63) is 83.9 Å². The zero-order valence-electron chi connectivity index (χ0n) is 17.5. The van der Waals surface area contributed by atoms with E-state index in [4.69, 9.17) is 17.2 Å². The maximum absolute atomic E-state index is 13.1. The van der Waals surface area contributed by atoms with Crippen molar-refractivity contribution in [1.29, 1.82) is 0 Å². The van der Waals surface area contributed by atoms with Gasteiger partial charge in [-0.05, 0) is 35.7 Å². The Morgan fingerprint density at radius 3 is 2.19 bits per heavy atom. The summed E-state index contributed by atoms with van der Waals surface area (Å²) in [6.07, 6.45) is 0.221. The Balaban J connectivity index is 1.83. The number of nitrogens with zero attached hydrogens (tertiary/aromatic N) is 1. The number of amides is 2. The van der Waals surface area contributed by atoms with Crippen LogP contribution < -0.4 is 22.5 Å². The molecule has 8 nitrogen and oxygen atoms in total. The van der Waals surface area contributed by atoms with E-state index < -0.39 is 23.1 Å². The number of carbonyl (C=O) groups is 3. The molecule has 0 unspecified atom stereocenters. The van der Waals surface area contributed by atoms with Crippen molar-refractivity contribution >= 4 is 34.3 Å². The molecule has 0 aliphatic rings. The highest BCUT2D eigenvalue weighted by Gasteiger charge is 2.42. The predicted octanol–water partition coefficient (Wildman–Crippen LogP) is 1.73. The number of imide groups is 1. The van der Waals surface area contributed by atoms with Crippen LogP contribution in [-0.2, 0) is 4.79 Å². The predicted molar refractivity (Wildman–Crippen MR) is 124 cm³/mol. The van der Waals surface area contributed by atoms with E-state index in [-0.39, 0.29) is 36.5 Å². The number of fused-ring (bicyclic) bond motifs is 1. The molecule has 2 amide bonds. The van der Waals surface area contributed by atoms with Gasteiger partial charge in [-0.2, -0.15) is 0 Å². The Morgan fingerprint density at radius 2 is 1.50 bits per heavy atom. The zero-order chi connectivity index (χ0) is 23.1. The normalized spacial score (nSPS) is 12.5. The fourth-order valence-corrected chi connectivity index (χ4v) is 3.36. The summed E-state index contributed by atoms with van der Waals surface area (Å²) in [4.78, 5) is 42.9. The molecule has 0 heterocycles. The Bertz CT molecular complexity index is 1170. The molecule has 0 radical (unpaired) electrons. The van der Waals surface area contributed by atoms with Crippen LogP contribution in [0.4, 0.5) is 0 Å². The van der Waals surface area contributed by atoms with Gasteiger partial charge in [0.25, 0.3) is 11.8 Å². The van der Waals surface area contributed by atoms with Gasteiger partial charge in [-0.1, -0.05) is 60.7 Å². The molecule has 3 aromatic rings. The minimum absolute atomic E-state index is 0.0473. The van der Waals surface area contributed by atoms with Gasteiger partial charge >= 0.3 is 0 Å². The van der Waals surface area contributed by atoms with Crippen LogP contribution in [0.25, 0.3) is 10.8 Å². The number of Topliss-reactive ketones (excluding diaryl/α,β-unsaturated/α-hetero) is 1. The van der Waals surface area contributed by atoms with Crippen molar-refractivity contribution in [3.63, 3.8) is 0 Å². The number of hydrogen-bond donors (Lipinski definition) is 4. The smallest absolute Gasteiger partial charge is 0.257 e. The van der Waals surface area contributed by atoms with Crippen LogP contribution in [-0.4, -0.2) is 35.6 Å². The van der Waals surface area contributed by atoms with Crippen LogP contribution in [0.3, 0.4) is 0 Å². The quantitative estimate of drug-likeness (QED) is 0.140. The lowest BCUT2D eigenvalue weighted by atomic mass is 9.84. The second kappa shape index (κ2) is 9.84. The molecule has 7 N–H and O–H groups in total. The molecule has 3 rings (SSSR count). The fraction of sp³-hybridized carbons (Fsp3) is 0.167. The van der Waals surface area contributed by atoms with Crippen molar-refractivity contribution in [2.45, 2.75) is 18.4 Å². The Morgan fingerprint density at radius 1 is 0.844 bits per heavy atom. The first-order chi connectivity index (χ1) is 15.3. The van der Waals surface area contributed by atoms with Crippen molar-refractivity contribution in [1.82, 2.24) is 5.32 Å². The van der Waals surface area contributed by atoms with Gasteiger partial charge in [0.15, 0.2) is 17.3 Å². The summed E-state index contributed by atoms with van der Waals surface area (Å²) >= 11 is 0. The Labute approximate surface area is 185 Å². The number of ketones is 1. The minimum atomic E-state index is -1.97. The van der Waals surface area contributed by atoms with Gasteiger partial charge < -0.3 is 17.2 Å². The highest BCUT2D eigenvalue weighted by molar-refractivity contribution is 6.21. The lowest BCUT2D eigenvalue weighted by molar-refractivity contribution is -0.124. The molecule has 0 aliphatic carbocycles. The molecular weight excluding hydrogens is 406 g/mol. The number of carbonyl (C=O) groups excluding carboxylic acids is 3. The average Bonchev–Trinajstić information content (AvgIpc) is 2.81. The summed E-state index contributed by atoms with van der Waals surface area (Å²) in [5.41, 5.74) is 15.6. The van der Waals surface area contributed by atoms with Gasteiger partial charge in [0.1, 0.15) is 0 Å². The lowest BCUT2D eigenvalue weighted by Gasteiger charge is -2.26. The molecule has 0 saturated carbocycles. The summed E-state index contributed by atoms with van der Waals surface area (Å²) in [6.45, 7) is 0.190. The van der Waals surface area contributed by atoms with Gasteiger partial charge in [0, 0.05) is 17.7 Å². The van der Waals surface area contributed by atoms with Gasteiger partial charge in [0.05, 0.1) is 0 Å². The largest absolute Gasteiger partial charge is 0.370 e. The number of hydrogen-bond acceptors (Lipinski definition) is 5. The third-order valence-corrected chi connectivity index (χ3v) is 5.11. The summed E-state index contributed by atoms with van der Waals surface area (Å²) in [5.74, 6) is -2.21. The summed E-state index contributed by atoms with van der Waals surface area (Å²) < 4.78 is 0. The Hall–Kier alpha value is -4.04. The molecule has 32 heavy (non-hydrogen) atoms. The van der Waals surface area contributed by atoms with Crippen LogP contribution >= 0.6 is 0 Å². The average molecular weight is 431 g/mol. The summed E-state index contributed by atoms with van der Waals surface area (Å²) in [6, 6.07) is 20.8. The molecule has 164 valence electrons. The van der Waals surface area contributed by atoms with E-state index in [0.717, 1.165) is 10.8 Å². The van der Waals surface area contributed by atoms with E-state index in [1.165, 1.54) is 0 Å². The van der Waals surface area contributed by atoms with Crippen LogP contribution in [0.2, 0.25) is 0 Å². The Kier molecular flexibility index (Phi) is 6.97. The van der Waals surface area contributed by atoms with E-state index in [1.807, 2.05) is 24.3 Å². The van der Waals surface area contributed by atoms with Crippen LogP contribution in [0.15, 0.2) is 77.8 Å². The van der Waals surface area contributed by atoms with E-state index in [0.29, 0.717) is 0 Å². The molecule has 0 bridgehead atoms. The topological polar surface area (TPSA) is 154 Å². The standard InChI is InChI=1S/C24H25N5O3/c25-23(26)28-14-6-13-24(27,20(30)17-8-2-1-3-9-17)22(32)29-21(31)19-12-11-16-7-4-5-10-18(16)15-19/h1-5,7-12,15H,6,13-14,27H2,(H4,25,26,28)(H,29,31,32)/t24-/m1/s1. The third-order valence-electron chi connectivity index (χ3n) is 5.11. The van der Waals surface area contributed by atoms with Gasteiger partial charge in [-0.25, -0.2) is 0 Å². The van der Waals surface area contributed by atoms with Gasteiger partial charge in [-0.3, -0.25) is 24.7 Å². The first-order valence-corrected chi connectivity index (χ1v) is 10.1. The number of nitrogens with two attached hydrogens (primary N) is 3. The molecule has 0 fully saturated rings. The van der Waals surface area contributed by atoms with Crippen LogP contribution in [0, 0.1) is 0 Å². The maximum atomic E-state index is 13.1. The molecule has 8 heteroatoms. The van der Waals surface area contributed by atoms with E-state index in [9.17, 15) is 14.4 Å². The molecular formula is C24H25N5O3. The molecule has 0 aliphatic heterocycles. The van der Waals surface area contributed by atoms with Crippen LogP contribution in [0.1, 0.15) is 33.6 Å².